The molecule has 19 heavy (non-hydrogen) atoms. The fraction of sp³-hybridized carbons (Fsp3) is 0.667. The Kier molecular flexibility index (Phi) is 5.05. The van der Waals surface area contributed by atoms with Gasteiger partial charge < -0.3 is 4.74 Å². The minimum Gasteiger partial charge on any atom is -0.381 e. The SMILES string of the molecule is Cc1sc(Br)cc1S(=O)(=O)N(C)CC1CCOCC1. The third-order valence-corrected chi connectivity index (χ3v) is 7.02. The third kappa shape index (κ3) is 3.58. The molecule has 0 aliphatic carbocycles. The van der Waals surface area contributed by atoms with Gasteiger partial charge in [-0.2, -0.15) is 0 Å². The number of rotatable bonds is 4. The summed E-state index contributed by atoms with van der Waals surface area (Å²) in [4.78, 5) is 1.24. The van der Waals surface area contributed by atoms with Crippen LogP contribution in [-0.4, -0.2) is 39.5 Å². The Balaban J connectivity index is 2.12. The van der Waals surface area contributed by atoms with Gasteiger partial charge in [0.15, 0.2) is 0 Å². The van der Waals surface area contributed by atoms with Crippen molar-refractivity contribution in [1.29, 1.82) is 0 Å². The van der Waals surface area contributed by atoms with Crippen molar-refractivity contribution in [3.05, 3.63) is 14.7 Å². The highest BCUT2D eigenvalue weighted by molar-refractivity contribution is 9.11. The molecule has 108 valence electrons. The van der Waals surface area contributed by atoms with E-state index < -0.39 is 10.0 Å². The summed E-state index contributed by atoms with van der Waals surface area (Å²) in [7, 11) is -1.71. The molecule has 1 aromatic rings. The predicted molar refractivity (Wildman–Crippen MR) is 80.1 cm³/mol. The van der Waals surface area contributed by atoms with Crippen LogP contribution in [0.2, 0.25) is 0 Å². The summed E-state index contributed by atoms with van der Waals surface area (Å²) in [6.45, 7) is 3.88. The van der Waals surface area contributed by atoms with Gasteiger partial charge in [-0.25, -0.2) is 12.7 Å². The Hall–Kier alpha value is 0.0500. The van der Waals surface area contributed by atoms with Gasteiger partial charge in [-0.15, -0.1) is 11.3 Å². The number of aryl methyl sites for hydroxylation is 1. The summed E-state index contributed by atoms with van der Waals surface area (Å²) in [5.41, 5.74) is 0. The number of nitrogens with zero attached hydrogens (tertiary/aromatic N) is 1. The normalized spacial score (nSPS) is 18.1. The highest BCUT2D eigenvalue weighted by atomic mass is 79.9. The molecule has 0 unspecified atom stereocenters. The summed E-state index contributed by atoms with van der Waals surface area (Å²) in [5.74, 6) is 0.399. The van der Waals surface area contributed by atoms with E-state index in [1.54, 1.807) is 13.1 Å². The average Bonchev–Trinajstić information content (AvgIpc) is 2.70. The molecule has 2 rings (SSSR count). The molecular formula is C12H18BrNO3S2. The van der Waals surface area contributed by atoms with E-state index in [-0.39, 0.29) is 0 Å². The van der Waals surface area contributed by atoms with Crippen molar-refractivity contribution >= 4 is 37.3 Å². The molecule has 0 radical (unpaired) electrons. The Morgan fingerprint density at radius 3 is 2.63 bits per heavy atom. The van der Waals surface area contributed by atoms with E-state index in [9.17, 15) is 8.42 Å². The van der Waals surface area contributed by atoms with E-state index >= 15 is 0 Å². The second-order valence-corrected chi connectivity index (χ2v) is 9.46. The Bertz CT molecular complexity index is 535. The highest BCUT2D eigenvalue weighted by Gasteiger charge is 2.27. The van der Waals surface area contributed by atoms with Gasteiger partial charge in [-0.05, 0) is 47.7 Å². The lowest BCUT2D eigenvalue weighted by atomic mass is 10.0. The van der Waals surface area contributed by atoms with Crippen LogP contribution in [0.4, 0.5) is 0 Å². The van der Waals surface area contributed by atoms with Crippen LogP contribution < -0.4 is 0 Å². The molecule has 0 spiro atoms. The van der Waals surface area contributed by atoms with Crippen LogP contribution in [0.1, 0.15) is 17.7 Å². The largest absolute Gasteiger partial charge is 0.381 e. The van der Waals surface area contributed by atoms with Gasteiger partial charge in [0.1, 0.15) is 0 Å². The first-order chi connectivity index (χ1) is 8.91. The van der Waals surface area contributed by atoms with Crippen molar-refractivity contribution in [3.8, 4) is 0 Å². The molecule has 7 heteroatoms. The molecular weight excluding hydrogens is 350 g/mol. The third-order valence-electron chi connectivity index (χ3n) is 3.39. The first kappa shape index (κ1) is 15.4. The van der Waals surface area contributed by atoms with Crippen molar-refractivity contribution < 1.29 is 13.2 Å². The second-order valence-electron chi connectivity index (χ2n) is 4.81. The molecule has 2 heterocycles. The fourth-order valence-electron chi connectivity index (χ4n) is 2.25. The van der Waals surface area contributed by atoms with Crippen molar-refractivity contribution in [2.75, 3.05) is 26.8 Å². The number of thiophene rings is 1. The van der Waals surface area contributed by atoms with E-state index in [0.29, 0.717) is 17.4 Å². The molecule has 0 N–H and O–H groups in total. The van der Waals surface area contributed by atoms with Crippen LogP contribution in [0.5, 0.6) is 0 Å². The van der Waals surface area contributed by atoms with E-state index in [1.165, 1.54) is 15.6 Å². The smallest absolute Gasteiger partial charge is 0.243 e. The minimum atomic E-state index is -3.38. The van der Waals surface area contributed by atoms with Crippen LogP contribution in [0, 0.1) is 12.8 Å². The van der Waals surface area contributed by atoms with E-state index in [1.807, 2.05) is 6.92 Å². The van der Waals surface area contributed by atoms with Gasteiger partial charge >= 0.3 is 0 Å². The fourth-order valence-corrected chi connectivity index (χ4v) is 5.87. The van der Waals surface area contributed by atoms with E-state index in [4.69, 9.17) is 4.74 Å². The van der Waals surface area contributed by atoms with Crippen molar-refractivity contribution in [1.82, 2.24) is 4.31 Å². The number of hydrogen-bond acceptors (Lipinski definition) is 4. The summed E-state index contributed by atoms with van der Waals surface area (Å²) in [6.07, 6.45) is 1.87. The van der Waals surface area contributed by atoms with Crippen molar-refractivity contribution in [2.24, 2.45) is 5.92 Å². The van der Waals surface area contributed by atoms with Gasteiger partial charge in [-0.3, -0.25) is 0 Å². The Labute approximate surface area is 126 Å². The van der Waals surface area contributed by atoms with Gasteiger partial charge in [0.05, 0.1) is 8.68 Å². The summed E-state index contributed by atoms with van der Waals surface area (Å²) in [6, 6.07) is 1.69. The summed E-state index contributed by atoms with van der Waals surface area (Å²) >= 11 is 4.79. The zero-order valence-electron chi connectivity index (χ0n) is 11.1. The number of ether oxygens (including phenoxy) is 1. The maximum absolute atomic E-state index is 12.5. The molecule has 1 aliphatic heterocycles. The average molecular weight is 368 g/mol. The first-order valence-corrected chi connectivity index (χ1v) is 9.26. The lowest BCUT2D eigenvalue weighted by Gasteiger charge is -2.26. The maximum atomic E-state index is 12.5. The molecule has 0 atom stereocenters. The van der Waals surface area contributed by atoms with Crippen LogP contribution in [-0.2, 0) is 14.8 Å². The first-order valence-electron chi connectivity index (χ1n) is 6.21. The van der Waals surface area contributed by atoms with Gasteiger partial charge in [-0.1, -0.05) is 0 Å². The van der Waals surface area contributed by atoms with E-state index in [2.05, 4.69) is 15.9 Å². The highest BCUT2D eigenvalue weighted by Crippen LogP contribution is 2.31. The summed E-state index contributed by atoms with van der Waals surface area (Å²) in [5, 5.41) is 0. The topological polar surface area (TPSA) is 46.6 Å². The van der Waals surface area contributed by atoms with E-state index in [0.717, 1.165) is 34.7 Å². The van der Waals surface area contributed by atoms with Crippen molar-refractivity contribution in [2.45, 2.75) is 24.7 Å². The van der Waals surface area contributed by atoms with Gasteiger partial charge in [0.25, 0.3) is 0 Å². The molecule has 0 amide bonds. The quantitative estimate of drug-likeness (QED) is 0.821. The van der Waals surface area contributed by atoms with Crippen LogP contribution >= 0.6 is 27.3 Å². The lowest BCUT2D eigenvalue weighted by molar-refractivity contribution is 0.0620. The van der Waals surface area contributed by atoms with Crippen LogP contribution in [0.3, 0.4) is 0 Å². The zero-order chi connectivity index (χ0) is 14.0. The molecule has 1 aliphatic rings. The zero-order valence-corrected chi connectivity index (χ0v) is 14.3. The monoisotopic (exact) mass is 367 g/mol. The van der Waals surface area contributed by atoms with Gasteiger partial charge in [0.2, 0.25) is 10.0 Å². The minimum absolute atomic E-state index is 0.399. The molecule has 0 saturated carbocycles. The predicted octanol–water partition coefficient (Wildman–Crippen LogP) is 2.87. The van der Waals surface area contributed by atoms with Crippen LogP contribution in [0.15, 0.2) is 14.7 Å². The molecule has 1 saturated heterocycles. The Morgan fingerprint density at radius 1 is 1.47 bits per heavy atom. The summed E-state index contributed by atoms with van der Waals surface area (Å²) < 4.78 is 32.7. The van der Waals surface area contributed by atoms with Crippen molar-refractivity contribution in [3.63, 3.8) is 0 Å². The maximum Gasteiger partial charge on any atom is 0.243 e. The Morgan fingerprint density at radius 2 is 2.11 bits per heavy atom. The molecule has 0 aromatic carbocycles. The molecule has 0 bridgehead atoms. The standard InChI is InChI=1S/C12H18BrNO3S2/c1-9-11(7-12(13)18-9)19(15,16)14(2)8-10-3-5-17-6-4-10/h7,10H,3-6,8H2,1-2H3. The molecule has 4 nitrogen and oxygen atoms in total. The second kappa shape index (κ2) is 6.22. The number of halogens is 1. The molecule has 1 aromatic heterocycles. The van der Waals surface area contributed by atoms with Crippen LogP contribution in [0.25, 0.3) is 0 Å². The number of hydrogen-bond donors (Lipinski definition) is 0. The van der Waals surface area contributed by atoms with Gasteiger partial charge in [0, 0.05) is 31.7 Å². The lowest BCUT2D eigenvalue weighted by Crippen LogP contribution is -2.34. The number of sulfonamides is 1. The molecule has 1 fully saturated rings.